The molecule has 1 aliphatic rings. The third-order valence-corrected chi connectivity index (χ3v) is 5.05. The molecule has 3 N–H and O–H groups in total. The molecule has 134 valence electrons. The summed E-state index contributed by atoms with van der Waals surface area (Å²) in [4.78, 5) is 18.2. The summed E-state index contributed by atoms with van der Waals surface area (Å²) >= 11 is 1.80. The molecule has 1 fully saturated rings. The fourth-order valence-electron chi connectivity index (χ4n) is 2.65. The van der Waals surface area contributed by atoms with Gasteiger partial charge in [-0.2, -0.15) is 0 Å². The van der Waals surface area contributed by atoms with Crippen LogP contribution in [0.1, 0.15) is 26.7 Å². The van der Waals surface area contributed by atoms with E-state index < -0.39 is 0 Å². The molecule has 2 heterocycles. The van der Waals surface area contributed by atoms with Gasteiger partial charge in [0.1, 0.15) is 0 Å². The van der Waals surface area contributed by atoms with E-state index in [1.54, 1.807) is 18.4 Å². The van der Waals surface area contributed by atoms with Gasteiger partial charge in [0.2, 0.25) is 5.91 Å². The first kappa shape index (κ1) is 18.6. The van der Waals surface area contributed by atoms with Crippen molar-refractivity contribution in [1.29, 1.82) is 0 Å². The maximum absolute atomic E-state index is 11.5. The SMILES string of the molecule is CN=C(NCCNC(=O)C(C)C)NC1CCN(c2cccs2)CC1. The van der Waals surface area contributed by atoms with Gasteiger partial charge >= 0.3 is 0 Å². The van der Waals surface area contributed by atoms with Crippen LogP contribution in [0.25, 0.3) is 0 Å². The minimum Gasteiger partial charge on any atom is -0.363 e. The number of guanidine groups is 1. The maximum Gasteiger partial charge on any atom is 0.222 e. The number of anilines is 1. The maximum atomic E-state index is 11.5. The number of hydrogen-bond donors (Lipinski definition) is 3. The molecule has 7 heteroatoms. The quantitative estimate of drug-likeness (QED) is 0.414. The van der Waals surface area contributed by atoms with Crippen LogP contribution in [0.15, 0.2) is 22.5 Å². The lowest BCUT2D eigenvalue weighted by atomic mass is 10.1. The zero-order valence-electron chi connectivity index (χ0n) is 14.8. The molecular weight excluding hydrogens is 322 g/mol. The Labute approximate surface area is 148 Å². The number of carbonyl (C=O) groups excluding carboxylic acids is 1. The summed E-state index contributed by atoms with van der Waals surface area (Å²) in [5, 5.41) is 13.1. The summed E-state index contributed by atoms with van der Waals surface area (Å²) < 4.78 is 0. The highest BCUT2D eigenvalue weighted by Crippen LogP contribution is 2.24. The molecule has 24 heavy (non-hydrogen) atoms. The first-order valence-corrected chi connectivity index (χ1v) is 9.51. The Balaban J connectivity index is 1.66. The number of aliphatic imine (C=N–C) groups is 1. The average molecular weight is 352 g/mol. The zero-order valence-corrected chi connectivity index (χ0v) is 15.7. The number of nitrogens with zero attached hydrogens (tertiary/aromatic N) is 2. The number of hydrogen-bond acceptors (Lipinski definition) is 4. The number of thiophene rings is 1. The van der Waals surface area contributed by atoms with E-state index in [1.165, 1.54) is 5.00 Å². The van der Waals surface area contributed by atoms with Gasteiger partial charge in [-0.1, -0.05) is 13.8 Å². The van der Waals surface area contributed by atoms with Gasteiger partial charge in [-0.05, 0) is 30.4 Å². The molecule has 0 atom stereocenters. The second-order valence-corrected chi connectivity index (χ2v) is 7.23. The van der Waals surface area contributed by atoms with E-state index in [0.29, 0.717) is 19.1 Å². The van der Waals surface area contributed by atoms with Crippen molar-refractivity contribution >= 4 is 28.2 Å². The van der Waals surface area contributed by atoms with E-state index in [4.69, 9.17) is 0 Å². The second-order valence-electron chi connectivity index (χ2n) is 6.30. The van der Waals surface area contributed by atoms with Crippen LogP contribution in [0.2, 0.25) is 0 Å². The predicted octanol–water partition coefficient (Wildman–Crippen LogP) is 1.65. The molecule has 0 radical (unpaired) electrons. The highest BCUT2D eigenvalue weighted by atomic mass is 32.1. The standard InChI is InChI=1S/C17H29N5OS/c1-13(2)16(23)19-8-9-20-17(18-3)21-14-6-10-22(11-7-14)15-5-4-12-24-15/h4-5,12-14H,6-11H2,1-3H3,(H,19,23)(H2,18,20,21). The fourth-order valence-corrected chi connectivity index (χ4v) is 3.44. The molecule has 1 aromatic heterocycles. The molecule has 1 amide bonds. The van der Waals surface area contributed by atoms with Crippen molar-refractivity contribution in [1.82, 2.24) is 16.0 Å². The number of piperidine rings is 1. The third kappa shape index (κ3) is 5.70. The Morgan fingerprint density at radius 2 is 2.04 bits per heavy atom. The molecule has 0 spiro atoms. The van der Waals surface area contributed by atoms with Crippen LogP contribution in [0.4, 0.5) is 5.00 Å². The van der Waals surface area contributed by atoms with Gasteiger partial charge in [-0.3, -0.25) is 9.79 Å². The normalized spacial score (nSPS) is 16.3. The molecule has 0 saturated carbocycles. The van der Waals surface area contributed by atoms with Crippen LogP contribution in [0.3, 0.4) is 0 Å². The van der Waals surface area contributed by atoms with E-state index >= 15 is 0 Å². The number of amides is 1. The van der Waals surface area contributed by atoms with Crippen molar-refractivity contribution in [2.75, 3.05) is 38.1 Å². The Kier molecular flexibility index (Phi) is 7.36. The van der Waals surface area contributed by atoms with Crippen LogP contribution in [-0.2, 0) is 4.79 Å². The largest absolute Gasteiger partial charge is 0.363 e. The minimum absolute atomic E-state index is 0.0240. The van der Waals surface area contributed by atoms with Gasteiger partial charge in [0.05, 0.1) is 5.00 Å². The van der Waals surface area contributed by atoms with E-state index in [9.17, 15) is 4.79 Å². The summed E-state index contributed by atoms with van der Waals surface area (Å²) in [6, 6.07) is 4.73. The Morgan fingerprint density at radius 1 is 1.33 bits per heavy atom. The van der Waals surface area contributed by atoms with Crippen LogP contribution in [-0.4, -0.2) is 51.1 Å². The van der Waals surface area contributed by atoms with Crippen LogP contribution >= 0.6 is 11.3 Å². The van der Waals surface area contributed by atoms with Gasteiger partial charge in [0.15, 0.2) is 5.96 Å². The fraction of sp³-hybridized carbons (Fsp3) is 0.647. The molecule has 1 aromatic rings. The molecule has 6 nitrogen and oxygen atoms in total. The van der Waals surface area contributed by atoms with Gasteiger partial charge in [0, 0.05) is 45.2 Å². The monoisotopic (exact) mass is 351 g/mol. The Hall–Kier alpha value is -1.76. The number of nitrogens with one attached hydrogen (secondary N) is 3. The minimum atomic E-state index is 0.0240. The van der Waals surface area contributed by atoms with Gasteiger partial charge < -0.3 is 20.9 Å². The van der Waals surface area contributed by atoms with Crippen molar-refractivity contribution in [3.05, 3.63) is 17.5 Å². The van der Waals surface area contributed by atoms with Crippen molar-refractivity contribution in [2.45, 2.75) is 32.7 Å². The molecular formula is C17H29N5OS. The topological polar surface area (TPSA) is 68.8 Å². The Morgan fingerprint density at radius 3 is 2.62 bits per heavy atom. The first-order chi connectivity index (χ1) is 11.6. The van der Waals surface area contributed by atoms with E-state index in [-0.39, 0.29) is 11.8 Å². The smallest absolute Gasteiger partial charge is 0.222 e. The third-order valence-electron chi connectivity index (χ3n) is 4.12. The van der Waals surface area contributed by atoms with Gasteiger partial charge in [-0.25, -0.2) is 0 Å². The number of carbonyl (C=O) groups is 1. The summed E-state index contributed by atoms with van der Waals surface area (Å²) in [6.07, 6.45) is 2.20. The van der Waals surface area contributed by atoms with Gasteiger partial charge in [-0.15, -0.1) is 11.3 Å². The predicted molar refractivity (Wildman–Crippen MR) is 102 cm³/mol. The van der Waals surface area contributed by atoms with Crippen molar-refractivity contribution in [2.24, 2.45) is 10.9 Å². The average Bonchev–Trinajstić information content (AvgIpc) is 3.12. The van der Waals surface area contributed by atoms with Crippen LogP contribution < -0.4 is 20.9 Å². The lowest BCUT2D eigenvalue weighted by Crippen LogP contribution is -2.49. The van der Waals surface area contributed by atoms with Crippen molar-refractivity contribution in [3.63, 3.8) is 0 Å². The molecule has 0 bridgehead atoms. The molecule has 0 aromatic carbocycles. The van der Waals surface area contributed by atoms with E-state index in [2.05, 4.69) is 43.4 Å². The van der Waals surface area contributed by atoms with Crippen LogP contribution in [0, 0.1) is 5.92 Å². The van der Waals surface area contributed by atoms with Crippen molar-refractivity contribution in [3.8, 4) is 0 Å². The van der Waals surface area contributed by atoms with E-state index in [1.807, 2.05) is 13.8 Å². The zero-order chi connectivity index (χ0) is 17.4. The van der Waals surface area contributed by atoms with E-state index in [0.717, 1.165) is 31.9 Å². The summed E-state index contributed by atoms with van der Waals surface area (Å²) in [7, 11) is 1.78. The van der Waals surface area contributed by atoms with Gasteiger partial charge in [0.25, 0.3) is 0 Å². The Bertz CT molecular complexity index is 521. The lowest BCUT2D eigenvalue weighted by Gasteiger charge is -2.33. The first-order valence-electron chi connectivity index (χ1n) is 8.63. The summed E-state index contributed by atoms with van der Waals surface area (Å²) in [5.41, 5.74) is 0. The highest BCUT2D eigenvalue weighted by molar-refractivity contribution is 7.14. The molecule has 1 saturated heterocycles. The van der Waals surface area contributed by atoms with Crippen molar-refractivity contribution < 1.29 is 4.79 Å². The molecule has 1 aliphatic heterocycles. The molecule has 0 unspecified atom stereocenters. The highest BCUT2D eigenvalue weighted by Gasteiger charge is 2.20. The second kappa shape index (κ2) is 9.52. The summed E-state index contributed by atoms with van der Waals surface area (Å²) in [6.45, 7) is 7.21. The molecule has 0 aliphatic carbocycles. The lowest BCUT2D eigenvalue weighted by molar-refractivity contribution is -0.123. The summed E-state index contributed by atoms with van der Waals surface area (Å²) in [5.74, 6) is 0.917. The number of rotatable bonds is 6. The van der Waals surface area contributed by atoms with Crippen LogP contribution in [0.5, 0.6) is 0 Å². The molecule has 2 rings (SSSR count).